The summed E-state index contributed by atoms with van der Waals surface area (Å²) in [6.07, 6.45) is 5.83. The predicted molar refractivity (Wildman–Crippen MR) is 61.3 cm³/mol. The lowest BCUT2D eigenvalue weighted by Crippen LogP contribution is -1.74. The minimum absolute atomic E-state index is 0.404. The van der Waals surface area contributed by atoms with Gasteiger partial charge >= 0.3 is 0 Å². The molecule has 1 aromatic rings. The average molecular weight is 205 g/mol. The predicted octanol–water partition coefficient (Wildman–Crippen LogP) is 3.73. The first-order valence-corrected chi connectivity index (χ1v) is 5.40. The van der Waals surface area contributed by atoms with Gasteiger partial charge in [0.05, 0.1) is 0 Å². The van der Waals surface area contributed by atoms with Gasteiger partial charge in [0.15, 0.2) is 0 Å². The molecule has 0 radical (unpaired) electrons. The summed E-state index contributed by atoms with van der Waals surface area (Å²) in [5, 5.41) is 3.41. The summed E-state index contributed by atoms with van der Waals surface area (Å²) < 4.78 is 0. The zero-order valence-corrected chi connectivity index (χ0v) is 8.74. The van der Waals surface area contributed by atoms with E-state index in [4.69, 9.17) is 5.53 Å². The van der Waals surface area contributed by atoms with E-state index in [2.05, 4.69) is 22.2 Å². The molecule has 0 aliphatic carbocycles. The highest BCUT2D eigenvalue weighted by Gasteiger charge is 1.88. The standard InChI is InChI=1S/C10H11N3S/c1-14-10-6-4-9(5-7-10)3-2-8-12-13-11/h2-7H,8H2,1H3. The molecule has 4 heteroatoms. The summed E-state index contributed by atoms with van der Waals surface area (Å²) in [4.78, 5) is 3.91. The lowest BCUT2D eigenvalue weighted by molar-refractivity contribution is 1.22. The molecule has 0 N–H and O–H groups in total. The second-order valence-electron chi connectivity index (χ2n) is 2.59. The van der Waals surface area contributed by atoms with Crippen molar-refractivity contribution < 1.29 is 0 Å². The quantitative estimate of drug-likeness (QED) is 0.320. The van der Waals surface area contributed by atoms with Gasteiger partial charge in [0.25, 0.3) is 0 Å². The Morgan fingerprint density at radius 2 is 2.14 bits per heavy atom. The van der Waals surface area contributed by atoms with E-state index in [9.17, 15) is 0 Å². The molecule has 0 unspecified atom stereocenters. The molecule has 72 valence electrons. The van der Waals surface area contributed by atoms with E-state index < -0.39 is 0 Å². The fourth-order valence-electron chi connectivity index (χ4n) is 0.987. The summed E-state index contributed by atoms with van der Waals surface area (Å²) >= 11 is 1.72. The summed E-state index contributed by atoms with van der Waals surface area (Å²) in [5.41, 5.74) is 9.17. The maximum absolute atomic E-state index is 8.05. The summed E-state index contributed by atoms with van der Waals surface area (Å²) in [7, 11) is 0. The van der Waals surface area contributed by atoms with Crippen molar-refractivity contribution in [3.05, 3.63) is 46.3 Å². The molecule has 1 aromatic carbocycles. The minimum atomic E-state index is 0.404. The van der Waals surface area contributed by atoms with Crippen molar-refractivity contribution in [1.29, 1.82) is 0 Å². The second-order valence-corrected chi connectivity index (χ2v) is 3.47. The number of azide groups is 1. The summed E-state index contributed by atoms with van der Waals surface area (Å²) in [6, 6.07) is 8.21. The van der Waals surface area contributed by atoms with Gasteiger partial charge in [-0.15, -0.1) is 11.8 Å². The van der Waals surface area contributed by atoms with Gasteiger partial charge in [0.2, 0.25) is 0 Å². The third-order valence-corrected chi connectivity index (χ3v) is 2.42. The lowest BCUT2D eigenvalue weighted by atomic mass is 10.2. The summed E-state index contributed by atoms with van der Waals surface area (Å²) in [6.45, 7) is 0.404. The zero-order valence-electron chi connectivity index (χ0n) is 7.92. The van der Waals surface area contributed by atoms with Crippen molar-refractivity contribution in [3.63, 3.8) is 0 Å². The molecule has 0 fully saturated rings. The van der Waals surface area contributed by atoms with Gasteiger partial charge in [-0.05, 0) is 29.5 Å². The fraction of sp³-hybridized carbons (Fsp3) is 0.200. The topological polar surface area (TPSA) is 48.8 Å². The molecule has 0 atom stereocenters. The summed E-state index contributed by atoms with van der Waals surface area (Å²) in [5.74, 6) is 0. The molecular formula is C10H11N3S. The van der Waals surface area contributed by atoms with Crippen LogP contribution in [-0.4, -0.2) is 12.8 Å². The third kappa shape index (κ3) is 3.56. The Balaban J connectivity index is 2.59. The van der Waals surface area contributed by atoms with Crippen LogP contribution < -0.4 is 0 Å². The zero-order chi connectivity index (χ0) is 10.2. The van der Waals surface area contributed by atoms with Crippen molar-refractivity contribution in [2.45, 2.75) is 4.90 Å². The molecule has 3 nitrogen and oxygen atoms in total. The van der Waals surface area contributed by atoms with Crippen LogP contribution in [0.3, 0.4) is 0 Å². The molecule has 1 rings (SSSR count). The van der Waals surface area contributed by atoms with E-state index in [1.165, 1.54) is 4.90 Å². The van der Waals surface area contributed by atoms with Crippen molar-refractivity contribution >= 4 is 17.8 Å². The number of nitrogens with zero attached hydrogens (tertiary/aromatic N) is 3. The van der Waals surface area contributed by atoms with Crippen LogP contribution in [0.2, 0.25) is 0 Å². The van der Waals surface area contributed by atoms with E-state index >= 15 is 0 Å². The monoisotopic (exact) mass is 205 g/mol. The fourth-order valence-corrected chi connectivity index (χ4v) is 1.40. The van der Waals surface area contributed by atoms with Crippen molar-refractivity contribution in [2.24, 2.45) is 5.11 Å². The Bertz CT molecular complexity index is 350. The second kappa shape index (κ2) is 6.13. The molecule has 0 aliphatic heterocycles. The van der Waals surface area contributed by atoms with E-state index in [1.807, 2.05) is 30.5 Å². The molecule has 0 bridgehead atoms. The Labute approximate surface area is 87.5 Å². The Hall–Kier alpha value is -1.38. The maximum Gasteiger partial charge on any atom is 0.0443 e. The van der Waals surface area contributed by atoms with Gasteiger partial charge in [0, 0.05) is 16.4 Å². The van der Waals surface area contributed by atoms with E-state index in [-0.39, 0.29) is 0 Å². The van der Waals surface area contributed by atoms with Gasteiger partial charge in [0.1, 0.15) is 0 Å². The minimum Gasteiger partial charge on any atom is -0.130 e. The van der Waals surface area contributed by atoms with Crippen LogP contribution in [0.1, 0.15) is 5.56 Å². The smallest absolute Gasteiger partial charge is 0.0443 e. The van der Waals surface area contributed by atoms with Crippen LogP contribution in [-0.2, 0) is 0 Å². The number of hydrogen-bond donors (Lipinski definition) is 0. The highest BCUT2D eigenvalue weighted by Crippen LogP contribution is 2.15. The molecular weight excluding hydrogens is 194 g/mol. The molecule has 0 aromatic heterocycles. The first-order chi connectivity index (χ1) is 6.86. The molecule has 14 heavy (non-hydrogen) atoms. The van der Waals surface area contributed by atoms with Crippen molar-refractivity contribution in [2.75, 3.05) is 12.8 Å². The van der Waals surface area contributed by atoms with Crippen LogP contribution in [0.5, 0.6) is 0 Å². The van der Waals surface area contributed by atoms with E-state index in [0.717, 1.165) is 5.56 Å². The third-order valence-electron chi connectivity index (χ3n) is 1.68. The normalized spacial score (nSPS) is 10.1. The van der Waals surface area contributed by atoms with Gasteiger partial charge in [-0.1, -0.05) is 29.4 Å². The molecule has 0 saturated carbocycles. The Morgan fingerprint density at radius 3 is 2.71 bits per heavy atom. The van der Waals surface area contributed by atoms with Crippen molar-refractivity contribution in [1.82, 2.24) is 0 Å². The largest absolute Gasteiger partial charge is 0.130 e. The highest BCUT2D eigenvalue weighted by molar-refractivity contribution is 7.98. The van der Waals surface area contributed by atoms with Crippen molar-refractivity contribution in [3.8, 4) is 0 Å². The van der Waals surface area contributed by atoms with Crippen LogP contribution in [0.4, 0.5) is 0 Å². The van der Waals surface area contributed by atoms with E-state index in [0.29, 0.717) is 6.54 Å². The Kier molecular flexibility index (Phi) is 4.69. The lowest BCUT2D eigenvalue weighted by Gasteiger charge is -1.96. The van der Waals surface area contributed by atoms with Gasteiger partial charge in [-0.25, -0.2) is 0 Å². The number of hydrogen-bond acceptors (Lipinski definition) is 2. The average Bonchev–Trinajstić information content (AvgIpc) is 2.25. The number of thioether (sulfide) groups is 1. The van der Waals surface area contributed by atoms with Crippen LogP contribution in [0.15, 0.2) is 40.4 Å². The number of benzene rings is 1. The molecule has 0 heterocycles. The first-order valence-electron chi connectivity index (χ1n) is 4.18. The van der Waals surface area contributed by atoms with E-state index in [1.54, 1.807) is 11.8 Å². The first kappa shape index (κ1) is 10.7. The van der Waals surface area contributed by atoms with Crippen LogP contribution >= 0.6 is 11.8 Å². The van der Waals surface area contributed by atoms with Gasteiger partial charge < -0.3 is 0 Å². The molecule has 0 amide bonds. The SMILES string of the molecule is CSc1ccc(C=CCN=[N+]=[N-])cc1. The molecule has 0 aliphatic rings. The molecule has 0 spiro atoms. The molecule has 0 saturated heterocycles. The van der Waals surface area contributed by atoms with Crippen LogP contribution in [0.25, 0.3) is 16.5 Å². The highest BCUT2D eigenvalue weighted by atomic mass is 32.2. The van der Waals surface area contributed by atoms with Crippen LogP contribution in [0, 0.1) is 0 Å². The number of rotatable bonds is 4. The van der Waals surface area contributed by atoms with Gasteiger partial charge in [-0.2, -0.15) is 0 Å². The maximum atomic E-state index is 8.05. The Morgan fingerprint density at radius 1 is 1.43 bits per heavy atom. The van der Waals surface area contributed by atoms with Gasteiger partial charge in [-0.3, -0.25) is 0 Å².